The topological polar surface area (TPSA) is 74.6 Å². The number of hydrogen-bond acceptors (Lipinski definition) is 4. The molecule has 2 N–H and O–H groups in total. The van der Waals surface area contributed by atoms with Crippen molar-refractivity contribution in [1.82, 2.24) is 0 Å². The van der Waals surface area contributed by atoms with Crippen molar-refractivity contribution in [3.63, 3.8) is 0 Å². The summed E-state index contributed by atoms with van der Waals surface area (Å²) < 4.78 is 26.0. The lowest BCUT2D eigenvalue weighted by molar-refractivity contribution is 0.452. The molecule has 2 aromatic rings. The Morgan fingerprint density at radius 2 is 1.36 bits per heavy atom. The number of hydrogen-bond donors (Lipinski definition) is 2. The summed E-state index contributed by atoms with van der Waals surface area (Å²) in [5, 5.41) is 20.2. The lowest BCUT2D eigenvalue weighted by atomic mass is 10.0. The van der Waals surface area contributed by atoms with Crippen LogP contribution in [0.3, 0.4) is 0 Å². The number of sulfone groups is 1. The van der Waals surface area contributed by atoms with Gasteiger partial charge in [-0.1, -0.05) is 12.1 Å². The number of benzene rings is 2. The molecule has 0 aliphatic carbocycles. The largest absolute Gasteiger partial charge is 0.508 e. The fourth-order valence-corrected chi connectivity index (χ4v) is 4.45. The molecule has 2 rings (SSSR count). The third kappa shape index (κ3) is 2.35. The van der Waals surface area contributed by atoms with E-state index in [1.807, 2.05) is 0 Å². The molecule has 0 aliphatic heterocycles. The van der Waals surface area contributed by atoms with E-state index in [-0.39, 0.29) is 21.3 Å². The molecule has 0 spiro atoms. The first-order valence-corrected chi connectivity index (χ1v) is 8.41. The van der Waals surface area contributed by atoms with E-state index in [1.54, 1.807) is 46.8 Å². The van der Waals surface area contributed by atoms with Crippen LogP contribution in [0.5, 0.6) is 11.5 Å². The SMILES string of the molecule is Cc1ccc(C)c(S(=O)(=O)c2cc(O)c(C)c(C)c2C)c1O. The molecule has 22 heavy (non-hydrogen) atoms. The second-order valence-corrected chi connectivity index (χ2v) is 7.50. The van der Waals surface area contributed by atoms with Crippen molar-refractivity contribution in [2.24, 2.45) is 0 Å². The van der Waals surface area contributed by atoms with Crippen molar-refractivity contribution >= 4 is 9.84 Å². The molecule has 0 atom stereocenters. The first-order valence-electron chi connectivity index (χ1n) is 6.93. The van der Waals surface area contributed by atoms with Gasteiger partial charge in [-0.3, -0.25) is 0 Å². The van der Waals surface area contributed by atoms with Crippen LogP contribution in [0.15, 0.2) is 28.0 Å². The van der Waals surface area contributed by atoms with Gasteiger partial charge in [0.1, 0.15) is 16.4 Å². The molecule has 2 aromatic carbocycles. The Kier molecular flexibility index (Phi) is 3.96. The first kappa shape index (κ1) is 16.4. The van der Waals surface area contributed by atoms with Crippen LogP contribution in [0, 0.1) is 34.6 Å². The lowest BCUT2D eigenvalue weighted by Gasteiger charge is -2.16. The van der Waals surface area contributed by atoms with Crippen molar-refractivity contribution in [2.75, 3.05) is 0 Å². The molecule has 118 valence electrons. The summed E-state index contributed by atoms with van der Waals surface area (Å²) >= 11 is 0. The van der Waals surface area contributed by atoms with E-state index in [2.05, 4.69) is 0 Å². The van der Waals surface area contributed by atoms with Crippen LogP contribution in [-0.4, -0.2) is 18.6 Å². The molecule has 0 aliphatic rings. The predicted octanol–water partition coefficient (Wildman–Crippen LogP) is 3.47. The van der Waals surface area contributed by atoms with Crippen molar-refractivity contribution in [3.05, 3.63) is 46.0 Å². The second-order valence-electron chi connectivity index (χ2n) is 5.65. The number of aromatic hydroxyl groups is 2. The molecule has 4 nitrogen and oxygen atoms in total. The molecule has 0 bridgehead atoms. The summed E-state index contributed by atoms with van der Waals surface area (Å²) in [7, 11) is -3.93. The normalized spacial score (nSPS) is 11.7. The molecule has 0 saturated heterocycles. The lowest BCUT2D eigenvalue weighted by Crippen LogP contribution is -2.08. The Bertz CT molecular complexity index is 865. The molecule has 0 aromatic heterocycles. The Morgan fingerprint density at radius 1 is 0.818 bits per heavy atom. The summed E-state index contributed by atoms with van der Waals surface area (Å²) in [6.07, 6.45) is 0. The van der Waals surface area contributed by atoms with Crippen LogP contribution in [0.4, 0.5) is 0 Å². The monoisotopic (exact) mass is 320 g/mol. The van der Waals surface area contributed by atoms with Crippen LogP contribution >= 0.6 is 0 Å². The number of aryl methyl sites for hydroxylation is 2. The molecule has 0 fully saturated rings. The van der Waals surface area contributed by atoms with E-state index in [9.17, 15) is 18.6 Å². The van der Waals surface area contributed by atoms with E-state index in [4.69, 9.17) is 0 Å². The van der Waals surface area contributed by atoms with E-state index in [1.165, 1.54) is 6.07 Å². The number of rotatable bonds is 2. The van der Waals surface area contributed by atoms with Gasteiger partial charge in [-0.25, -0.2) is 8.42 Å². The highest BCUT2D eigenvalue weighted by molar-refractivity contribution is 7.91. The molecular weight excluding hydrogens is 300 g/mol. The van der Waals surface area contributed by atoms with Gasteiger partial charge >= 0.3 is 0 Å². The van der Waals surface area contributed by atoms with Crippen LogP contribution in [0.25, 0.3) is 0 Å². The smallest absolute Gasteiger partial charge is 0.210 e. The van der Waals surface area contributed by atoms with E-state index in [0.29, 0.717) is 22.3 Å². The average molecular weight is 320 g/mol. The van der Waals surface area contributed by atoms with Gasteiger partial charge < -0.3 is 10.2 Å². The van der Waals surface area contributed by atoms with Gasteiger partial charge in [0, 0.05) is 0 Å². The van der Waals surface area contributed by atoms with Crippen LogP contribution in [0.2, 0.25) is 0 Å². The zero-order valence-electron chi connectivity index (χ0n) is 13.4. The quantitative estimate of drug-likeness (QED) is 0.888. The Hall–Kier alpha value is -2.01. The minimum Gasteiger partial charge on any atom is -0.508 e. The fraction of sp³-hybridized carbons (Fsp3) is 0.294. The van der Waals surface area contributed by atoms with Crippen LogP contribution in [-0.2, 0) is 9.84 Å². The number of phenols is 2. The van der Waals surface area contributed by atoms with Crippen molar-refractivity contribution in [1.29, 1.82) is 0 Å². The summed E-state index contributed by atoms with van der Waals surface area (Å²) in [6, 6.07) is 4.60. The summed E-state index contributed by atoms with van der Waals surface area (Å²) in [5.41, 5.74) is 2.93. The highest BCUT2D eigenvalue weighted by Crippen LogP contribution is 2.38. The zero-order chi connectivity index (χ0) is 16.8. The van der Waals surface area contributed by atoms with Crippen molar-refractivity contribution in [3.8, 4) is 11.5 Å². The minimum atomic E-state index is -3.93. The molecule has 0 amide bonds. The van der Waals surface area contributed by atoms with Crippen LogP contribution < -0.4 is 0 Å². The van der Waals surface area contributed by atoms with E-state index in [0.717, 1.165) is 5.56 Å². The van der Waals surface area contributed by atoms with Crippen molar-refractivity contribution in [2.45, 2.75) is 44.4 Å². The van der Waals surface area contributed by atoms with Gasteiger partial charge in [0.05, 0.1) is 4.90 Å². The molecule has 0 saturated carbocycles. The van der Waals surface area contributed by atoms with E-state index >= 15 is 0 Å². The zero-order valence-corrected chi connectivity index (χ0v) is 14.2. The van der Waals surface area contributed by atoms with E-state index < -0.39 is 9.84 Å². The van der Waals surface area contributed by atoms with Gasteiger partial charge in [-0.2, -0.15) is 0 Å². The Balaban J connectivity index is 2.87. The molecular formula is C17H20O4S. The number of phenolic OH excluding ortho intramolecular Hbond substituents is 2. The van der Waals surface area contributed by atoms with Gasteiger partial charge in [0.2, 0.25) is 9.84 Å². The maximum absolute atomic E-state index is 13.0. The highest BCUT2D eigenvalue weighted by Gasteiger charge is 2.28. The molecule has 0 unspecified atom stereocenters. The van der Waals surface area contributed by atoms with Crippen LogP contribution in [0.1, 0.15) is 27.8 Å². The van der Waals surface area contributed by atoms with Gasteiger partial charge in [-0.15, -0.1) is 0 Å². The molecule has 0 radical (unpaired) electrons. The Labute approximate surface area is 131 Å². The molecule has 0 heterocycles. The summed E-state index contributed by atoms with van der Waals surface area (Å²) in [6.45, 7) is 8.51. The average Bonchev–Trinajstić information content (AvgIpc) is 2.44. The second kappa shape index (κ2) is 5.32. The standard InChI is InChI=1S/C17H20O4S/c1-9-6-7-10(2)17(16(9)19)22(20,21)15-8-14(18)12(4)11(3)13(15)5/h6-8,18-19H,1-5H3. The maximum Gasteiger partial charge on any atom is 0.210 e. The molecule has 5 heteroatoms. The maximum atomic E-state index is 13.0. The summed E-state index contributed by atoms with van der Waals surface area (Å²) in [5.74, 6) is -0.302. The van der Waals surface area contributed by atoms with Gasteiger partial charge in [0.25, 0.3) is 0 Å². The fourth-order valence-electron chi connectivity index (χ4n) is 2.50. The van der Waals surface area contributed by atoms with Gasteiger partial charge in [0.15, 0.2) is 0 Å². The Morgan fingerprint density at radius 3 is 1.95 bits per heavy atom. The summed E-state index contributed by atoms with van der Waals surface area (Å²) in [4.78, 5) is -0.0737. The third-order valence-electron chi connectivity index (χ3n) is 4.23. The predicted molar refractivity (Wildman–Crippen MR) is 85.4 cm³/mol. The van der Waals surface area contributed by atoms with Crippen molar-refractivity contribution < 1.29 is 18.6 Å². The van der Waals surface area contributed by atoms with Gasteiger partial charge in [-0.05, 0) is 68.5 Å². The first-order chi connectivity index (χ1) is 10.1. The third-order valence-corrected chi connectivity index (χ3v) is 6.29. The minimum absolute atomic E-state index is 0.0251. The highest BCUT2D eigenvalue weighted by atomic mass is 32.2.